The number of hydrogen-bond acceptors (Lipinski definition) is 3. The maximum atomic E-state index is 13.5. The molecule has 1 fully saturated rings. The van der Waals surface area contributed by atoms with E-state index in [1.54, 1.807) is 37.0 Å². The third kappa shape index (κ3) is 2.20. The maximum absolute atomic E-state index is 13.5. The predicted molar refractivity (Wildman–Crippen MR) is 64.1 cm³/mol. The Balaban J connectivity index is 2.15. The Labute approximate surface area is 98.0 Å². The second-order valence-electron chi connectivity index (χ2n) is 3.62. The van der Waals surface area contributed by atoms with E-state index in [1.807, 2.05) is 0 Å². The number of thioether (sulfide) groups is 1. The largest absolute Gasteiger partial charge is 0.311 e. The van der Waals surface area contributed by atoms with Gasteiger partial charge in [0.15, 0.2) is 0 Å². The van der Waals surface area contributed by atoms with Crippen molar-refractivity contribution in [3.05, 3.63) is 30.1 Å². The summed E-state index contributed by atoms with van der Waals surface area (Å²) in [7, 11) is 1.60. The molecule has 1 heterocycles. The van der Waals surface area contributed by atoms with Crippen molar-refractivity contribution in [2.24, 2.45) is 0 Å². The minimum atomic E-state index is -0.371. The van der Waals surface area contributed by atoms with Crippen LogP contribution in [0.3, 0.4) is 0 Å². The Kier molecular flexibility index (Phi) is 3.46. The number of likely N-dealkylation sites (N-methyl/N-ethyl adjacent to an activating group) is 1. The van der Waals surface area contributed by atoms with E-state index in [2.05, 4.69) is 5.32 Å². The Hall–Kier alpha value is -1.07. The van der Waals surface area contributed by atoms with Gasteiger partial charge in [-0.25, -0.2) is 4.39 Å². The normalized spacial score (nSPS) is 19.8. The second kappa shape index (κ2) is 4.84. The average Bonchev–Trinajstić information content (AvgIpc) is 2.81. The van der Waals surface area contributed by atoms with Crippen molar-refractivity contribution in [2.45, 2.75) is 6.04 Å². The van der Waals surface area contributed by atoms with Gasteiger partial charge in [0, 0.05) is 18.7 Å². The van der Waals surface area contributed by atoms with E-state index in [4.69, 9.17) is 0 Å². The molecule has 0 aromatic heterocycles. The summed E-state index contributed by atoms with van der Waals surface area (Å²) in [4.78, 5) is 13.4. The van der Waals surface area contributed by atoms with Crippen LogP contribution in [0.1, 0.15) is 0 Å². The van der Waals surface area contributed by atoms with Gasteiger partial charge in [-0.3, -0.25) is 10.1 Å². The lowest BCUT2D eigenvalue weighted by molar-refractivity contribution is -0.119. The molecule has 1 aromatic rings. The van der Waals surface area contributed by atoms with Crippen LogP contribution in [0, 0.1) is 5.82 Å². The highest BCUT2D eigenvalue weighted by atomic mass is 32.2. The van der Waals surface area contributed by atoms with E-state index in [0.717, 1.165) is 11.6 Å². The van der Waals surface area contributed by atoms with E-state index in [0.29, 0.717) is 5.69 Å². The van der Waals surface area contributed by atoms with Crippen LogP contribution in [0.15, 0.2) is 24.3 Å². The number of benzene rings is 1. The van der Waals surface area contributed by atoms with Crippen molar-refractivity contribution in [3.8, 4) is 0 Å². The van der Waals surface area contributed by atoms with E-state index < -0.39 is 0 Å². The first-order chi connectivity index (χ1) is 7.70. The predicted octanol–water partition coefficient (Wildman–Crippen LogP) is 1.45. The Bertz CT molecular complexity index is 393. The first-order valence-corrected chi connectivity index (χ1v) is 6.19. The maximum Gasteiger partial charge on any atom is 0.244 e. The zero-order valence-corrected chi connectivity index (χ0v) is 9.76. The highest BCUT2D eigenvalue weighted by Gasteiger charge is 2.26. The molecule has 1 saturated heterocycles. The van der Waals surface area contributed by atoms with Gasteiger partial charge in [-0.1, -0.05) is 12.1 Å². The SMILES string of the molecule is CN(C(=O)C1CSCN1)c1ccccc1F. The lowest BCUT2D eigenvalue weighted by Crippen LogP contribution is -2.43. The lowest BCUT2D eigenvalue weighted by Gasteiger charge is -2.21. The van der Waals surface area contributed by atoms with Gasteiger partial charge in [0.25, 0.3) is 0 Å². The van der Waals surface area contributed by atoms with Crippen molar-refractivity contribution < 1.29 is 9.18 Å². The fourth-order valence-corrected chi connectivity index (χ4v) is 2.56. The standard InChI is InChI=1S/C11H13FN2OS/c1-14(10-5-3-2-4-8(10)12)11(15)9-6-16-7-13-9/h2-5,9,13H,6-7H2,1H3. The summed E-state index contributed by atoms with van der Waals surface area (Å²) >= 11 is 1.67. The van der Waals surface area contributed by atoms with Crippen molar-refractivity contribution in [1.82, 2.24) is 5.32 Å². The number of anilines is 1. The number of carbonyl (C=O) groups is 1. The lowest BCUT2D eigenvalue weighted by atomic mass is 10.2. The summed E-state index contributed by atoms with van der Waals surface area (Å²) < 4.78 is 13.5. The number of halogens is 1. The van der Waals surface area contributed by atoms with Crippen LogP contribution in [-0.2, 0) is 4.79 Å². The molecule has 16 heavy (non-hydrogen) atoms. The van der Waals surface area contributed by atoms with Crippen LogP contribution < -0.4 is 10.2 Å². The molecule has 1 amide bonds. The van der Waals surface area contributed by atoms with Crippen LogP contribution in [-0.4, -0.2) is 30.6 Å². The third-order valence-corrected chi connectivity index (χ3v) is 3.50. The number of nitrogens with one attached hydrogen (secondary N) is 1. The van der Waals surface area contributed by atoms with E-state index in [-0.39, 0.29) is 17.8 Å². The van der Waals surface area contributed by atoms with E-state index >= 15 is 0 Å². The van der Waals surface area contributed by atoms with Gasteiger partial charge in [0.05, 0.1) is 11.7 Å². The quantitative estimate of drug-likeness (QED) is 0.849. The van der Waals surface area contributed by atoms with Crippen LogP contribution in [0.25, 0.3) is 0 Å². The molecule has 0 radical (unpaired) electrons. The van der Waals surface area contributed by atoms with Crippen LogP contribution in [0.2, 0.25) is 0 Å². The van der Waals surface area contributed by atoms with E-state index in [9.17, 15) is 9.18 Å². The second-order valence-corrected chi connectivity index (χ2v) is 4.65. The third-order valence-electron chi connectivity index (χ3n) is 2.56. The van der Waals surface area contributed by atoms with Crippen LogP contribution in [0.4, 0.5) is 10.1 Å². The Morgan fingerprint density at radius 2 is 2.31 bits per heavy atom. The zero-order chi connectivity index (χ0) is 11.5. The number of rotatable bonds is 2. The summed E-state index contributed by atoms with van der Waals surface area (Å²) in [5.41, 5.74) is 0.325. The summed E-state index contributed by atoms with van der Waals surface area (Å²) in [5, 5.41) is 3.08. The van der Waals surface area contributed by atoms with Crippen molar-refractivity contribution in [3.63, 3.8) is 0 Å². The molecule has 0 spiro atoms. The summed E-state index contributed by atoms with van der Waals surface area (Å²) in [6.07, 6.45) is 0. The molecule has 1 aliphatic heterocycles. The number of nitrogens with zero attached hydrogens (tertiary/aromatic N) is 1. The van der Waals surface area contributed by atoms with Crippen LogP contribution >= 0.6 is 11.8 Å². The van der Waals surface area contributed by atoms with Crippen molar-refractivity contribution in [2.75, 3.05) is 23.6 Å². The zero-order valence-electron chi connectivity index (χ0n) is 8.94. The highest BCUT2D eigenvalue weighted by molar-refractivity contribution is 7.99. The molecule has 0 bridgehead atoms. The summed E-state index contributed by atoms with van der Waals surface area (Å²) in [6, 6.07) is 6.10. The average molecular weight is 240 g/mol. The van der Waals surface area contributed by atoms with Crippen LogP contribution in [0.5, 0.6) is 0 Å². The number of para-hydroxylation sites is 1. The molecule has 1 unspecified atom stereocenters. The van der Waals surface area contributed by atoms with Gasteiger partial charge < -0.3 is 4.90 Å². The van der Waals surface area contributed by atoms with Crippen molar-refractivity contribution in [1.29, 1.82) is 0 Å². The fourth-order valence-electron chi connectivity index (χ4n) is 1.63. The molecular weight excluding hydrogens is 227 g/mol. The number of amides is 1. The molecule has 2 rings (SSSR count). The minimum absolute atomic E-state index is 0.0879. The van der Waals surface area contributed by atoms with Gasteiger partial charge in [0.2, 0.25) is 5.91 Å². The van der Waals surface area contributed by atoms with Gasteiger partial charge in [0.1, 0.15) is 5.82 Å². The van der Waals surface area contributed by atoms with E-state index in [1.165, 1.54) is 11.0 Å². The Morgan fingerprint density at radius 1 is 1.56 bits per heavy atom. The molecule has 86 valence electrons. The molecule has 5 heteroatoms. The van der Waals surface area contributed by atoms with Gasteiger partial charge in [-0.15, -0.1) is 11.8 Å². The monoisotopic (exact) mass is 240 g/mol. The topological polar surface area (TPSA) is 32.3 Å². The first kappa shape index (κ1) is 11.4. The minimum Gasteiger partial charge on any atom is -0.311 e. The summed E-state index contributed by atoms with van der Waals surface area (Å²) in [5.74, 6) is 1.07. The van der Waals surface area contributed by atoms with Gasteiger partial charge in [-0.05, 0) is 12.1 Å². The smallest absolute Gasteiger partial charge is 0.244 e. The molecular formula is C11H13FN2OS. The molecule has 1 aliphatic rings. The molecule has 1 aromatic carbocycles. The molecule has 1 N–H and O–H groups in total. The molecule has 0 saturated carbocycles. The van der Waals surface area contributed by atoms with Crippen molar-refractivity contribution >= 4 is 23.4 Å². The molecule has 3 nitrogen and oxygen atoms in total. The van der Waals surface area contributed by atoms with Gasteiger partial charge >= 0.3 is 0 Å². The molecule has 1 atom stereocenters. The fraction of sp³-hybridized carbons (Fsp3) is 0.364. The number of hydrogen-bond donors (Lipinski definition) is 1. The first-order valence-electron chi connectivity index (χ1n) is 5.03. The molecule has 0 aliphatic carbocycles. The van der Waals surface area contributed by atoms with Gasteiger partial charge in [-0.2, -0.15) is 0 Å². The number of carbonyl (C=O) groups excluding carboxylic acids is 1. The Morgan fingerprint density at radius 3 is 2.94 bits per heavy atom. The highest BCUT2D eigenvalue weighted by Crippen LogP contribution is 2.20. The summed E-state index contributed by atoms with van der Waals surface area (Å²) in [6.45, 7) is 0.